The Morgan fingerprint density at radius 2 is 1.68 bits per heavy atom. The zero-order valence-electron chi connectivity index (χ0n) is 10.8. The van der Waals surface area contributed by atoms with Gasteiger partial charge in [0.05, 0.1) is 11.0 Å². The molecule has 96 valence electrons. The lowest BCUT2D eigenvalue weighted by atomic mass is 10.2. The molecule has 3 heteroatoms. The van der Waals surface area contributed by atoms with E-state index in [-0.39, 0.29) is 0 Å². The van der Waals surface area contributed by atoms with Crippen molar-refractivity contribution in [2.45, 2.75) is 12.8 Å². The Balaban J connectivity index is 2.19. The van der Waals surface area contributed by atoms with Crippen molar-refractivity contribution in [3.05, 3.63) is 60.4 Å². The molecule has 0 atom stereocenters. The minimum absolute atomic E-state index is 0.692. The molecule has 0 spiro atoms. The van der Waals surface area contributed by atoms with Crippen LogP contribution in [0.25, 0.3) is 16.7 Å². The van der Waals surface area contributed by atoms with Crippen LogP contribution in [0.1, 0.15) is 12.2 Å². The lowest BCUT2D eigenvalue weighted by molar-refractivity contribution is 0.770. The van der Waals surface area contributed by atoms with Crippen molar-refractivity contribution in [3.8, 4) is 5.69 Å². The van der Waals surface area contributed by atoms with Gasteiger partial charge in [-0.2, -0.15) is 0 Å². The van der Waals surface area contributed by atoms with Crippen LogP contribution in [0.3, 0.4) is 0 Å². The van der Waals surface area contributed by atoms with E-state index in [4.69, 9.17) is 10.7 Å². The maximum absolute atomic E-state index is 5.62. The predicted molar refractivity (Wildman–Crippen MR) is 78.4 cm³/mol. The maximum Gasteiger partial charge on any atom is 0.114 e. The highest BCUT2D eigenvalue weighted by Gasteiger charge is 2.10. The van der Waals surface area contributed by atoms with Crippen LogP contribution in [-0.2, 0) is 6.42 Å². The summed E-state index contributed by atoms with van der Waals surface area (Å²) in [5.74, 6) is 1.08. The Bertz CT molecular complexity index is 671. The topological polar surface area (TPSA) is 43.8 Å². The summed E-state index contributed by atoms with van der Waals surface area (Å²) in [6, 6.07) is 18.6. The van der Waals surface area contributed by atoms with E-state index in [1.54, 1.807) is 0 Å². The molecule has 2 aromatic carbocycles. The zero-order chi connectivity index (χ0) is 13.1. The number of hydrogen-bond acceptors (Lipinski definition) is 2. The van der Waals surface area contributed by atoms with Crippen LogP contribution in [0.4, 0.5) is 0 Å². The molecule has 0 saturated heterocycles. The van der Waals surface area contributed by atoms with E-state index in [1.165, 1.54) is 0 Å². The van der Waals surface area contributed by atoms with Crippen LogP contribution >= 0.6 is 0 Å². The fraction of sp³-hybridized carbons (Fsp3) is 0.188. The second kappa shape index (κ2) is 5.24. The number of para-hydroxylation sites is 3. The van der Waals surface area contributed by atoms with Gasteiger partial charge in [-0.15, -0.1) is 0 Å². The van der Waals surface area contributed by atoms with E-state index in [1.807, 2.05) is 12.1 Å². The highest BCUT2D eigenvalue weighted by molar-refractivity contribution is 5.78. The monoisotopic (exact) mass is 251 g/mol. The molecule has 0 fully saturated rings. The van der Waals surface area contributed by atoms with Crippen LogP contribution in [0.2, 0.25) is 0 Å². The number of nitrogens with two attached hydrogens (primary N) is 1. The highest BCUT2D eigenvalue weighted by Crippen LogP contribution is 2.22. The predicted octanol–water partition coefficient (Wildman–Crippen LogP) is 2.92. The number of imidazole rings is 1. The lowest BCUT2D eigenvalue weighted by Gasteiger charge is -2.08. The van der Waals surface area contributed by atoms with E-state index in [9.17, 15) is 0 Å². The maximum atomic E-state index is 5.62. The third-order valence-electron chi connectivity index (χ3n) is 3.25. The van der Waals surface area contributed by atoms with Gasteiger partial charge in [-0.1, -0.05) is 30.3 Å². The fourth-order valence-electron chi connectivity index (χ4n) is 2.37. The first-order chi connectivity index (χ1) is 9.40. The van der Waals surface area contributed by atoms with Crippen LogP contribution in [0, 0.1) is 0 Å². The molecule has 3 aromatic rings. The number of rotatable bonds is 4. The molecule has 0 aliphatic rings. The first-order valence-electron chi connectivity index (χ1n) is 6.62. The summed E-state index contributed by atoms with van der Waals surface area (Å²) in [4.78, 5) is 4.73. The van der Waals surface area contributed by atoms with Gasteiger partial charge >= 0.3 is 0 Å². The molecular formula is C16H17N3. The van der Waals surface area contributed by atoms with E-state index >= 15 is 0 Å². The van der Waals surface area contributed by atoms with E-state index in [0.717, 1.165) is 35.4 Å². The molecule has 0 saturated carbocycles. The van der Waals surface area contributed by atoms with Crippen LogP contribution in [-0.4, -0.2) is 16.1 Å². The lowest BCUT2D eigenvalue weighted by Crippen LogP contribution is -2.05. The molecule has 1 heterocycles. The summed E-state index contributed by atoms with van der Waals surface area (Å²) in [5, 5.41) is 0. The summed E-state index contributed by atoms with van der Waals surface area (Å²) < 4.78 is 2.23. The smallest absolute Gasteiger partial charge is 0.114 e. The average Bonchev–Trinajstić information content (AvgIpc) is 2.84. The minimum Gasteiger partial charge on any atom is -0.330 e. The Morgan fingerprint density at radius 1 is 0.947 bits per heavy atom. The Kier molecular flexibility index (Phi) is 3.29. The van der Waals surface area contributed by atoms with Crippen molar-refractivity contribution < 1.29 is 0 Å². The molecule has 0 aliphatic carbocycles. The summed E-state index contributed by atoms with van der Waals surface area (Å²) >= 11 is 0. The molecular weight excluding hydrogens is 234 g/mol. The molecule has 0 aliphatic heterocycles. The summed E-state index contributed by atoms with van der Waals surface area (Å²) in [5.41, 5.74) is 8.97. The number of aromatic nitrogens is 2. The molecule has 1 aromatic heterocycles. The normalized spacial score (nSPS) is 11.0. The van der Waals surface area contributed by atoms with E-state index < -0.39 is 0 Å². The first-order valence-corrected chi connectivity index (χ1v) is 6.62. The first kappa shape index (κ1) is 11.9. The number of benzene rings is 2. The Hall–Kier alpha value is -2.13. The molecule has 0 radical (unpaired) electrons. The van der Waals surface area contributed by atoms with Gasteiger partial charge in [0.15, 0.2) is 0 Å². The van der Waals surface area contributed by atoms with Gasteiger partial charge in [-0.3, -0.25) is 4.57 Å². The third-order valence-corrected chi connectivity index (χ3v) is 3.25. The largest absolute Gasteiger partial charge is 0.330 e. The second-order valence-corrected chi connectivity index (χ2v) is 4.58. The van der Waals surface area contributed by atoms with Crippen LogP contribution in [0.15, 0.2) is 54.6 Å². The van der Waals surface area contributed by atoms with Crippen LogP contribution in [0.5, 0.6) is 0 Å². The summed E-state index contributed by atoms with van der Waals surface area (Å²) in [7, 11) is 0. The van der Waals surface area contributed by atoms with Gasteiger partial charge in [0.1, 0.15) is 5.82 Å². The molecule has 19 heavy (non-hydrogen) atoms. The van der Waals surface area contributed by atoms with Gasteiger partial charge in [0.2, 0.25) is 0 Å². The number of fused-ring (bicyclic) bond motifs is 1. The Morgan fingerprint density at radius 3 is 2.47 bits per heavy atom. The van der Waals surface area contributed by atoms with Gasteiger partial charge in [0.25, 0.3) is 0 Å². The number of aryl methyl sites for hydroxylation is 1. The number of nitrogens with zero attached hydrogens (tertiary/aromatic N) is 2. The Labute approximate surface area is 112 Å². The van der Waals surface area contributed by atoms with E-state index in [0.29, 0.717) is 6.54 Å². The second-order valence-electron chi connectivity index (χ2n) is 4.58. The quantitative estimate of drug-likeness (QED) is 0.774. The van der Waals surface area contributed by atoms with Gasteiger partial charge in [0, 0.05) is 12.1 Å². The van der Waals surface area contributed by atoms with Gasteiger partial charge < -0.3 is 5.73 Å². The van der Waals surface area contributed by atoms with Gasteiger partial charge in [-0.05, 0) is 37.2 Å². The van der Waals surface area contributed by atoms with Crippen LogP contribution < -0.4 is 5.73 Å². The zero-order valence-corrected chi connectivity index (χ0v) is 10.8. The number of hydrogen-bond donors (Lipinski definition) is 1. The average molecular weight is 251 g/mol. The molecule has 3 rings (SSSR count). The minimum atomic E-state index is 0.692. The molecule has 0 unspecified atom stereocenters. The van der Waals surface area contributed by atoms with Crippen molar-refractivity contribution in [1.29, 1.82) is 0 Å². The van der Waals surface area contributed by atoms with Crippen molar-refractivity contribution in [3.63, 3.8) is 0 Å². The summed E-state index contributed by atoms with van der Waals surface area (Å²) in [6.45, 7) is 0.692. The van der Waals surface area contributed by atoms with Crippen molar-refractivity contribution in [2.75, 3.05) is 6.54 Å². The van der Waals surface area contributed by atoms with Gasteiger partial charge in [-0.25, -0.2) is 4.98 Å². The fourth-order valence-corrected chi connectivity index (χ4v) is 2.37. The standard InChI is InChI=1S/C16H17N3/c17-12-6-11-16-18-14-9-4-5-10-15(14)19(16)13-7-2-1-3-8-13/h1-5,7-10H,6,11-12,17H2. The van der Waals surface area contributed by atoms with Crippen molar-refractivity contribution >= 4 is 11.0 Å². The van der Waals surface area contributed by atoms with E-state index in [2.05, 4.69) is 47.0 Å². The SMILES string of the molecule is NCCCc1nc2ccccc2n1-c1ccccc1. The summed E-state index contributed by atoms with van der Waals surface area (Å²) in [6.07, 6.45) is 1.86. The molecule has 0 bridgehead atoms. The highest BCUT2D eigenvalue weighted by atomic mass is 15.1. The molecule has 3 nitrogen and oxygen atoms in total. The third kappa shape index (κ3) is 2.25. The molecule has 0 amide bonds. The van der Waals surface area contributed by atoms with Crippen molar-refractivity contribution in [2.24, 2.45) is 5.73 Å². The molecule has 2 N–H and O–H groups in total. The van der Waals surface area contributed by atoms with Crippen molar-refractivity contribution in [1.82, 2.24) is 9.55 Å².